The van der Waals surface area contributed by atoms with Crippen molar-refractivity contribution in [2.24, 2.45) is 0 Å². The molecule has 5 nitrogen and oxygen atoms in total. The molecule has 0 unspecified atom stereocenters. The monoisotopic (exact) mass is 781 g/mol. The zero-order valence-electron chi connectivity index (χ0n) is 33.7. The number of fused-ring (bicyclic) bond motifs is 6. The zero-order chi connectivity index (χ0) is 45.2. The molecular weight excluding hydrogens is 766 g/mol. The number of hydrogen-bond donors (Lipinski definition) is 0. The maximum absolute atomic E-state index is 7.11. The molecule has 0 bridgehead atoms. The van der Waals surface area contributed by atoms with Gasteiger partial charge < -0.3 is 8.83 Å². The van der Waals surface area contributed by atoms with Gasteiger partial charge in [0.15, 0.2) is 17.5 Å². The van der Waals surface area contributed by atoms with E-state index >= 15 is 0 Å². The molecule has 0 N–H and O–H groups in total. The van der Waals surface area contributed by atoms with E-state index in [1.165, 1.54) is 0 Å². The molecule has 0 saturated heterocycles. The van der Waals surface area contributed by atoms with Gasteiger partial charge in [0.1, 0.15) is 132 Å². The summed E-state index contributed by atoms with van der Waals surface area (Å²) in [6.07, 6.45) is 0. The Kier molecular flexibility index (Phi) is 10.1. The molecule has 262 valence electrons. The third-order valence-electron chi connectivity index (χ3n) is 11.8. The number of aromatic nitrogens is 3. The van der Waals surface area contributed by atoms with E-state index in [1.54, 1.807) is 0 Å². The van der Waals surface area contributed by atoms with Crippen LogP contribution in [0.2, 0.25) is 0 Å². The van der Waals surface area contributed by atoms with Crippen LogP contribution in [0.1, 0.15) is 0 Å². The van der Waals surface area contributed by atoms with Crippen molar-refractivity contribution in [1.82, 2.24) is 15.0 Å². The number of benzene rings is 7. The lowest BCUT2D eigenvalue weighted by atomic mass is 9.64. The fourth-order valence-corrected chi connectivity index (χ4v) is 8.48. The minimum absolute atomic E-state index is 0.00363. The molecule has 0 aliphatic carbocycles. The van der Waals surface area contributed by atoms with Crippen LogP contribution in [0.25, 0.3) is 100 Å². The van der Waals surface area contributed by atoms with Crippen LogP contribution in [-0.2, 0) is 0 Å². The topological polar surface area (TPSA) is 65.0 Å². The van der Waals surface area contributed by atoms with Crippen LogP contribution in [0.15, 0.2) is 87.7 Å². The third-order valence-corrected chi connectivity index (χ3v) is 11.8. The minimum atomic E-state index is -0.0500. The highest BCUT2D eigenvalue weighted by Gasteiger charge is 2.28. The van der Waals surface area contributed by atoms with Gasteiger partial charge in [-0.2, -0.15) is 0 Å². The van der Waals surface area contributed by atoms with Crippen molar-refractivity contribution in [3.05, 3.63) is 78.9 Å². The Morgan fingerprint density at radius 3 is 1.16 bits per heavy atom. The average molecular weight is 779 g/mol. The summed E-state index contributed by atoms with van der Waals surface area (Å²) in [5, 5.41) is 0.986. The number of hydrogen-bond acceptors (Lipinski definition) is 5. The van der Waals surface area contributed by atoms with Crippen LogP contribution < -0.4 is 76.5 Å². The third kappa shape index (κ3) is 6.02. The lowest BCUT2D eigenvalue weighted by Crippen LogP contribution is -2.47. The fourth-order valence-electron chi connectivity index (χ4n) is 8.48. The summed E-state index contributed by atoms with van der Waals surface area (Å²) in [7, 11) is 92.3. The second-order valence-electron chi connectivity index (χ2n) is 15.3. The lowest BCUT2D eigenvalue weighted by molar-refractivity contribution is 0.674. The molecule has 0 amide bonds. The van der Waals surface area contributed by atoms with Crippen LogP contribution in [0.4, 0.5) is 0 Å². The van der Waals surface area contributed by atoms with E-state index in [2.05, 4.69) is 0 Å². The van der Waals surface area contributed by atoms with Crippen molar-refractivity contribution in [1.29, 1.82) is 0 Å². The number of rotatable bonds is 5. The molecule has 0 atom stereocenters. The summed E-state index contributed by atoms with van der Waals surface area (Å²) in [5.41, 5.74) is 4.83. The Bertz CT molecular complexity index is 3680. The number of nitrogens with zero attached hydrogens (tertiary/aromatic N) is 3. The van der Waals surface area contributed by atoms with Crippen LogP contribution in [-0.4, -0.2) is 125 Å². The molecule has 3 heterocycles. The first-order chi connectivity index (χ1) is 30.6. The summed E-state index contributed by atoms with van der Waals surface area (Å²) in [5.74, 6) is 0.0681. The SMILES string of the molecule is [B]c1c([B])c([B])c2c(oc3c([B])c([B])c(-c4nc(-c5ccccc5-c5ccccc5-c5ccccc5)nc(-c5c([B])c([B])c([B])c6oc7c([B])c([B])c([B])c([B])c7c56)n4)c([B])c32)c1[B]. The predicted molar refractivity (Wildman–Crippen MR) is 277 cm³/mol. The summed E-state index contributed by atoms with van der Waals surface area (Å²) in [6.45, 7) is 0. The van der Waals surface area contributed by atoms with Gasteiger partial charge in [0.25, 0.3) is 0 Å². The Labute approximate surface area is 387 Å². The Morgan fingerprint density at radius 1 is 0.266 bits per heavy atom. The van der Waals surface area contributed by atoms with Crippen molar-refractivity contribution < 1.29 is 8.83 Å². The molecule has 10 rings (SSSR count). The quantitative estimate of drug-likeness (QED) is 0.164. The minimum Gasteiger partial charge on any atom is -0.457 e. The molecule has 19 heteroatoms. The van der Waals surface area contributed by atoms with Crippen molar-refractivity contribution in [2.75, 3.05) is 0 Å². The Hall–Kier alpha value is -5.94. The second-order valence-corrected chi connectivity index (χ2v) is 15.3. The molecule has 0 aliphatic heterocycles. The summed E-state index contributed by atoms with van der Waals surface area (Å²) in [4.78, 5) is 15.2. The first kappa shape index (κ1) is 42.0. The molecule has 64 heavy (non-hydrogen) atoms. The summed E-state index contributed by atoms with van der Waals surface area (Å²) < 4.78 is 12.5. The van der Waals surface area contributed by atoms with Crippen molar-refractivity contribution >= 4 is 230 Å². The highest BCUT2D eigenvalue weighted by molar-refractivity contribution is 6.70. The van der Waals surface area contributed by atoms with Gasteiger partial charge in [-0.3, -0.25) is 0 Å². The first-order valence-electron chi connectivity index (χ1n) is 19.5. The molecular formula is C45H13B14N3O2. The first-order valence-corrected chi connectivity index (χ1v) is 19.5. The molecule has 0 aliphatic rings. The van der Waals surface area contributed by atoms with Crippen LogP contribution >= 0.6 is 0 Å². The van der Waals surface area contributed by atoms with E-state index in [-0.39, 0.29) is 149 Å². The van der Waals surface area contributed by atoms with Crippen molar-refractivity contribution in [3.8, 4) is 56.4 Å². The van der Waals surface area contributed by atoms with Crippen molar-refractivity contribution in [2.45, 2.75) is 0 Å². The second kappa shape index (κ2) is 15.4. The largest absolute Gasteiger partial charge is 0.457 e. The molecule has 7 aromatic carbocycles. The molecule has 0 fully saturated rings. The molecule has 3 aromatic heterocycles. The van der Waals surface area contributed by atoms with Crippen LogP contribution in [0, 0.1) is 0 Å². The maximum atomic E-state index is 7.11. The summed E-state index contributed by atoms with van der Waals surface area (Å²) in [6, 6.07) is 25.5. The predicted octanol–water partition coefficient (Wildman–Crippen LogP) is -4.88. The standard InChI is InChI=1S/C45H13B14N3O2/c46-25-21-22-27(48)31(52)34(55)38(59)42(22)64-41(21)35(56)29(50)24(25)45-61-43(18-13-7-6-12-17(18)16-11-5-4-10-15(16)14-8-2-1-3-9-14)60-44(62-45)23-19-20-26(47)30(51)33(54)37(58)40(20)63-39(19)36(57)32(53)28(23)49/h1-13H. The van der Waals surface area contributed by atoms with E-state index < -0.39 is 0 Å². The molecule has 10 aromatic rings. The zero-order valence-corrected chi connectivity index (χ0v) is 33.7. The fraction of sp³-hybridized carbons (Fsp3) is 0. The van der Waals surface area contributed by atoms with E-state index in [4.69, 9.17) is 134 Å². The van der Waals surface area contributed by atoms with Gasteiger partial charge in [-0.25, -0.2) is 15.0 Å². The molecule has 0 spiro atoms. The van der Waals surface area contributed by atoms with E-state index in [0.717, 1.165) is 22.3 Å². The molecule has 0 saturated carbocycles. The van der Waals surface area contributed by atoms with Gasteiger partial charge in [0.05, 0.1) is 0 Å². The highest BCUT2D eigenvalue weighted by Crippen LogP contribution is 2.39. The lowest BCUT2D eigenvalue weighted by Gasteiger charge is -2.20. The van der Waals surface area contributed by atoms with Gasteiger partial charge in [0.2, 0.25) is 0 Å². The van der Waals surface area contributed by atoms with Crippen LogP contribution in [0.3, 0.4) is 0 Å². The van der Waals surface area contributed by atoms with Gasteiger partial charge in [-0.1, -0.05) is 128 Å². The van der Waals surface area contributed by atoms with Gasteiger partial charge >= 0.3 is 0 Å². The van der Waals surface area contributed by atoms with Gasteiger partial charge in [-0.15, -0.1) is 27.3 Å². The average Bonchev–Trinajstić information content (AvgIpc) is 3.92. The summed E-state index contributed by atoms with van der Waals surface area (Å²) >= 11 is 0. The molecule has 28 radical (unpaired) electrons. The smallest absolute Gasteiger partial charge is 0.164 e. The number of furan rings is 2. The van der Waals surface area contributed by atoms with Crippen molar-refractivity contribution in [3.63, 3.8) is 0 Å². The Balaban J connectivity index is 1.36. The van der Waals surface area contributed by atoms with Crippen LogP contribution in [0.5, 0.6) is 0 Å². The van der Waals surface area contributed by atoms with E-state index in [0.29, 0.717) is 5.56 Å². The van der Waals surface area contributed by atoms with E-state index in [1.807, 2.05) is 78.9 Å². The normalized spacial score (nSPS) is 11.7. The maximum Gasteiger partial charge on any atom is 0.164 e. The van der Waals surface area contributed by atoms with E-state index in [9.17, 15) is 0 Å². The van der Waals surface area contributed by atoms with Gasteiger partial charge in [0, 0.05) is 38.2 Å². The highest BCUT2D eigenvalue weighted by atomic mass is 16.3. The van der Waals surface area contributed by atoms with Gasteiger partial charge in [-0.05, 0) is 22.3 Å². The Morgan fingerprint density at radius 2 is 0.609 bits per heavy atom.